The van der Waals surface area contributed by atoms with Gasteiger partial charge in [0.25, 0.3) is 5.91 Å². The van der Waals surface area contributed by atoms with Crippen molar-refractivity contribution in [1.82, 2.24) is 14.4 Å². The Morgan fingerprint density at radius 2 is 1.89 bits per heavy atom. The Hall–Kier alpha value is -3.97. The maximum absolute atomic E-state index is 12.6. The van der Waals surface area contributed by atoms with Crippen LogP contribution in [0.25, 0.3) is 17.0 Å². The Kier molecular flexibility index (Phi) is 5.99. The number of pyridine rings is 1. The standard InChI is InChI=1S/C29H27N5OS/c1-19-6-2-3-10-24(19)32-28(35)21-12-14-22(15-13-21)31-29-33-25(18-36-29)26-17-30-27-11-5-9-23(34(26)27)16-20-7-4-8-20/h2-3,5-6,9-15,17-18,20H,4,7-8,16H2,1H3,(H,31,33)(H,32,35). The van der Waals surface area contributed by atoms with Gasteiger partial charge in [0.05, 0.1) is 11.9 Å². The number of hydrogen-bond donors (Lipinski definition) is 2. The van der Waals surface area contributed by atoms with E-state index in [1.165, 1.54) is 25.0 Å². The zero-order chi connectivity index (χ0) is 24.5. The largest absolute Gasteiger partial charge is 0.332 e. The summed E-state index contributed by atoms with van der Waals surface area (Å²) in [5.74, 6) is 0.651. The van der Waals surface area contributed by atoms with Gasteiger partial charge in [0, 0.05) is 28.0 Å². The van der Waals surface area contributed by atoms with Gasteiger partial charge >= 0.3 is 0 Å². The van der Waals surface area contributed by atoms with Crippen LogP contribution in [0.3, 0.4) is 0 Å². The molecule has 3 aromatic heterocycles. The van der Waals surface area contributed by atoms with Gasteiger partial charge in [-0.15, -0.1) is 11.3 Å². The molecule has 0 radical (unpaired) electrons. The van der Waals surface area contributed by atoms with Crippen LogP contribution in [0.4, 0.5) is 16.5 Å². The van der Waals surface area contributed by atoms with E-state index in [0.29, 0.717) is 5.56 Å². The normalized spacial score (nSPS) is 13.5. The average molecular weight is 494 g/mol. The molecule has 0 bridgehead atoms. The molecule has 180 valence electrons. The van der Waals surface area contributed by atoms with Crippen LogP contribution in [0.2, 0.25) is 0 Å². The number of imidazole rings is 1. The predicted octanol–water partition coefficient (Wildman–Crippen LogP) is 7.10. The molecule has 2 N–H and O–H groups in total. The van der Waals surface area contributed by atoms with Crippen LogP contribution in [-0.4, -0.2) is 20.3 Å². The number of nitrogens with one attached hydrogen (secondary N) is 2. The summed E-state index contributed by atoms with van der Waals surface area (Å²) in [6, 6.07) is 21.6. The summed E-state index contributed by atoms with van der Waals surface area (Å²) in [4.78, 5) is 22.1. The van der Waals surface area contributed by atoms with Gasteiger partial charge < -0.3 is 10.6 Å². The summed E-state index contributed by atoms with van der Waals surface area (Å²) >= 11 is 1.56. The van der Waals surface area contributed by atoms with E-state index in [9.17, 15) is 4.79 Å². The van der Waals surface area contributed by atoms with E-state index < -0.39 is 0 Å². The second-order valence-corrected chi connectivity index (χ2v) is 10.2. The van der Waals surface area contributed by atoms with E-state index in [-0.39, 0.29) is 5.91 Å². The van der Waals surface area contributed by atoms with Crippen molar-refractivity contribution in [2.75, 3.05) is 10.6 Å². The van der Waals surface area contributed by atoms with Crippen LogP contribution in [-0.2, 0) is 6.42 Å². The van der Waals surface area contributed by atoms with Gasteiger partial charge in [0.2, 0.25) is 0 Å². The van der Waals surface area contributed by atoms with Crippen molar-refractivity contribution in [3.63, 3.8) is 0 Å². The molecule has 1 saturated carbocycles. The van der Waals surface area contributed by atoms with Gasteiger partial charge in [-0.25, -0.2) is 9.97 Å². The SMILES string of the molecule is Cc1ccccc1NC(=O)c1ccc(Nc2nc(-c3cnc4cccc(CC5CCC5)n34)cs2)cc1. The summed E-state index contributed by atoms with van der Waals surface area (Å²) in [6.07, 6.45) is 6.98. The molecule has 5 aromatic rings. The van der Waals surface area contributed by atoms with Crippen LogP contribution in [0.5, 0.6) is 0 Å². The molecule has 6 nitrogen and oxygen atoms in total. The van der Waals surface area contributed by atoms with Crippen LogP contribution >= 0.6 is 11.3 Å². The molecule has 36 heavy (non-hydrogen) atoms. The molecule has 0 saturated heterocycles. The van der Waals surface area contributed by atoms with E-state index in [1.807, 2.05) is 61.7 Å². The van der Waals surface area contributed by atoms with Gasteiger partial charge in [-0.3, -0.25) is 9.20 Å². The Labute approximate surface area is 214 Å². The summed E-state index contributed by atoms with van der Waals surface area (Å²) < 4.78 is 2.25. The second-order valence-electron chi connectivity index (χ2n) is 9.36. The number of carbonyl (C=O) groups excluding carboxylic acids is 1. The van der Waals surface area contributed by atoms with Crippen LogP contribution in [0.1, 0.15) is 40.9 Å². The highest BCUT2D eigenvalue weighted by molar-refractivity contribution is 7.14. The number of amides is 1. The van der Waals surface area contributed by atoms with Crippen molar-refractivity contribution in [3.05, 3.63) is 95.1 Å². The monoisotopic (exact) mass is 493 g/mol. The first-order chi connectivity index (χ1) is 17.6. The van der Waals surface area contributed by atoms with Crippen LogP contribution < -0.4 is 10.6 Å². The third kappa shape index (κ3) is 4.50. The minimum atomic E-state index is -0.127. The number of hydrogen-bond acceptors (Lipinski definition) is 5. The Morgan fingerprint density at radius 3 is 2.67 bits per heavy atom. The van der Waals surface area contributed by atoms with E-state index in [2.05, 4.69) is 43.6 Å². The average Bonchev–Trinajstić information content (AvgIpc) is 3.50. The minimum absolute atomic E-state index is 0.127. The molecule has 0 spiro atoms. The van der Waals surface area contributed by atoms with Crippen LogP contribution in [0.15, 0.2) is 78.3 Å². The first-order valence-electron chi connectivity index (χ1n) is 12.3. The molecule has 2 aromatic carbocycles. The number of carbonyl (C=O) groups is 1. The van der Waals surface area contributed by atoms with E-state index in [0.717, 1.165) is 51.4 Å². The fraction of sp³-hybridized carbons (Fsp3) is 0.207. The lowest BCUT2D eigenvalue weighted by Crippen LogP contribution is -2.15. The van der Waals surface area contributed by atoms with E-state index in [1.54, 1.807) is 11.3 Å². The Morgan fingerprint density at radius 1 is 1.06 bits per heavy atom. The van der Waals surface area contributed by atoms with E-state index in [4.69, 9.17) is 4.98 Å². The lowest BCUT2D eigenvalue weighted by molar-refractivity contribution is 0.102. The smallest absolute Gasteiger partial charge is 0.255 e. The van der Waals surface area contributed by atoms with Gasteiger partial charge in [0.15, 0.2) is 5.13 Å². The molecule has 0 unspecified atom stereocenters. The third-order valence-electron chi connectivity index (χ3n) is 6.89. The summed E-state index contributed by atoms with van der Waals surface area (Å²) in [6.45, 7) is 1.98. The maximum Gasteiger partial charge on any atom is 0.255 e. The molecule has 3 heterocycles. The maximum atomic E-state index is 12.6. The lowest BCUT2D eigenvalue weighted by atomic mass is 9.82. The summed E-state index contributed by atoms with van der Waals surface area (Å²) in [5, 5.41) is 9.21. The molecular weight excluding hydrogens is 466 g/mol. The zero-order valence-electron chi connectivity index (χ0n) is 20.1. The van der Waals surface area contributed by atoms with Crippen LogP contribution in [0, 0.1) is 12.8 Å². The number of anilines is 3. The molecule has 1 fully saturated rings. The Balaban J connectivity index is 1.17. The molecule has 6 rings (SSSR count). The zero-order valence-corrected chi connectivity index (χ0v) is 20.9. The highest BCUT2D eigenvalue weighted by Gasteiger charge is 2.20. The summed E-state index contributed by atoms with van der Waals surface area (Å²) in [5.41, 5.74) is 7.53. The molecule has 0 atom stereocenters. The molecule has 1 aliphatic rings. The van der Waals surface area contributed by atoms with Gasteiger partial charge in [0.1, 0.15) is 11.3 Å². The highest BCUT2D eigenvalue weighted by Crippen LogP contribution is 2.32. The quantitative estimate of drug-likeness (QED) is 0.254. The number of nitrogens with zero attached hydrogens (tertiary/aromatic N) is 3. The minimum Gasteiger partial charge on any atom is -0.332 e. The third-order valence-corrected chi connectivity index (χ3v) is 7.65. The summed E-state index contributed by atoms with van der Waals surface area (Å²) in [7, 11) is 0. The Bertz CT molecular complexity index is 1530. The van der Waals surface area contributed by atoms with Crippen molar-refractivity contribution < 1.29 is 4.79 Å². The fourth-order valence-electron chi connectivity index (χ4n) is 4.62. The number of thiazole rings is 1. The highest BCUT2D eigenvalue weighted by atomic mass is 32.1. The van der Waals surface area contributed by atoms with Gasteiger partial charge in [-0.05, 0) is 67.3 Å². The van der Waals surface area contributed by atoms with Crippen molar-refractivity contribution in [1.29, 1.82) is 0 Å². The lowest BCUT2D eigenvalue weighted by Gasteiger charge is -2.25. The number of para-hydroxylation sites is 1. The van der Waals surface area contributed by atoms with Crippen molar-refractivity contribution in [2.45, 2.75) is 32.6 Å². The second kappa shape index (κ2) is 9.59. The molecule has 7 heteroatoms. The number of rotatable bonds is 7. The molecule has 0 aliphatic heterocycles. The van der Waals surface area contributed by atoms with Crippen molar-refractivity contribution in [3.8, 4) is 11.4 Å². The first kappa shape index (κ1) is 22.5. The molecule has 1 aliphatic carbocycles. The van der Waals surface area contributed by atoms with Gasteiger partial charge in [-0.1, -0.05) is 43.5 Å². The number of aryl methyl sites for hydroxylation is 1. The topological polar surface area (TPSA) is 71.3 Å². The molecular formula is C29H27N5OS. The number of fused-ring (bicyclic) bond motifs is 1. The van der Waals surface area contributed by atoms with Crippen molar-refractivity contribution >= 4 is 39.4 Å². The number of benzene rings is 2. The van der Waals surface area contributed by atoms with Crippen molar-refractivity contribution in [2.24, 2.45) is 5.92 Å². The first-order valence-corrected chi connectivity index (χ1v) is 13.2. The van der Waals surface area contributed by atoms with E-state index >= 15 is 0 Å². The number of aromatic nitrogens is 3. The van der Waals surface area contributed by atoms with Gasteiger partial charge in [-0.2, -0.15) is 0 Å². The predicted molar refractivity (Wildman–Crippen MR) is 146 cm³/mol. The molecule has 1 amide bonds. The fourth-order valence-corrected chi connectivity index (χ4v) is 5.35.